The first-order valence-electron chi connectivity index (χ1n) is 11.5. The number of unbranched alkanes of at least 4 members (excludes halogenated alkanes) is 1. The summed E-state index contributed by atoms with van der Waals surface area (Å²) in [7, 11) is 3.10. The Morgan fingerprint density at radius 3 is 2.18 bits per heavy atom. The van der Waals surface area contributed by atoms with Gasteiger partial charge in [0, 0.05) is 18.7 Å². The van der Waals surface area contributed by atoms with Gasteiger partial charge in [0.1, 0.15) is 5.75 Å². The number of carbonyl (C=O) groups is 1. The minimum absolute atomic E-state index is 0.300. The maximum atomic E-state index is 13.7. The van der Waals surface area contributed by atoms with Gasteiger partial charge in [0.25, 0.3) is 0 Å². The standard InChI is InChI=1S/C30H33NO3/c1-4-5-12-24-31(27-19-21-28(33-2)22-20-27)30(29(32)34-3,26-17-10-7-11-18-26)23-13-16-25-14-8-6-9-15-25/h4,6-11,13-22H,1,5,12,23-24H2,2-3H3/b16-13+/t30-/m0/s1. The minimum atomic E-state index is -1.04. The number of methoxy groups -OCH3 is 2. The van der Waals surface area contributed by atoms with Gasteiger partial charge >= 0.3 is 5.97 Å². The van der Waals surface area contributed by atoms with Crippen molar-refractivity contribution in [1.82, 2.24) is 0 Å². The monoisotopic (exact) mass is 455 g/mol. The lowest BCUT2D eigenvalue weighted by atomic mass is 9.83. The van der Waals surface area contributed by atoms with Crippen molar-refractivity contribution in [2.45, 2.75) is 24.8 Å². The largest absolute Gasteiger partial charge is 0.497 e. The number of hydrogen-bond acceptors (Lipinski definition) is 4. The van der Waals surface area contributed by atoms with Gasteiger partial charge in [-0.15, -0.1) is 6.58 Å². The molecule has 0 aliphatic heterocycles. The van der Waals surface area contributed by atoms with E-state index >= 15 is 0 Å². The molecule has 0 radical (unpaired) electrons. The predicted octanol–water partition coefficient (Wildman–Crippen LogP) is 6.64. The summed E-state index contributed by atoms with van der Waals surface area (Å²) in [5, 5.41) is 0. The molecule has 0 aliphatic carbocycles. The molecule has 0 spiro atoms. The molecule has 3 aromatic carbocycles. The highest BCUT2D eigenvalue weighted by atomic mass is 16.5. The first-order valence-corrected chi connectivity index (χ1v) is 11.5. The van der Waals surface area contributed by atoms with Gasteiger partial charge in [-0.05, 0) is 48.2 Å². The average molecular weight is 456 g/mol. The smallest absolute Gasteiger partial charge is 0.336 e. The van der Waals surface area contributed by atoms with E-state index in [0.29, 0.717) is 13.0 Å². The van der Waals surface area contributed by atoms with Gasteiger partial charge in [0.2, 0.25) is 0 Å². The molecule has 0 N–H and O–H groups in total. The van der Waals surface area contributed by atoms with Crippen LogP contribution in [0.15, 0.2) is 104 Å². The molecular formula is C30H33NO3. The third kappa shape index (κ3) is 5.76. The maximum absolute atomic E-state index is 13.7. The average Bonchev–Trinajstić information content (AvgIpc) is 2.90. The number of ether oxygens (including phenoxy) is 2. The number of nitrogens with zero attached hydrogens (tertiary/aromatic N) is 1. The van der Waals surface area contributed by atoms with Gasteiger partial charge in [-0.1, -0.05) is 78.9 Å². The fourth-order valence-electron chi connectivity index (χ4n) is 4.20. The molecular weight excluding hydrogens is 422 g/mol. The Hall–Kier alpha value is -3.79. The zero-order chi connectivity index (χ0) is 24.2. The molecule has 3 rings (SSSR count). The molecule has 0 heterocycles. The van der Waals surface area contributed by atoms with Crippen molar-refractivity contribution in [1.29, 1.82) is 0 Å². The number of hydrogen-bond donors (Lipinski definition) is 0. The van der Waals surface area contributed by atoms with Crippen LogP contribution in [-0.4, -0.2) is 26.7 Å². The van der Waals surface area contributed by atoms with Crippen molar-refractivity contribution in [2.24, 2.45) is 0 Å². The summed E-state index contributed by atoms with van der Waals surface area (Å²) in [6.07, 6.45) is 8.16. The lowest BCUT2D eigenvalue weighted by Gasteiger charge is -2.43. The molecule has 0 unspecified atom stereocenters. The molecule has 0 saturated carbocycles. The van der Waals surface area contributed by atoms with E-state index in [1.807, 2.05) is 91.0 Å². The van der Waals surface area contributed by atoms with E-state index in [0.717, 1.165) is 35.4 Å². The lowest BCUT2D eigenvalue weighted by molar-refractivity contribution is -0.147. The van der Waals surface area contributed by atoms with E-state index in [1.54, 1.807) is 7.11 Å². The zero-order valence-electron chi connectivity index (χ0n) is 20.0. The Morgan fingerprint density at radius 1 is 0.941 bits per heavy atom. The van der Waals surface area contributed by atoms with Gasteiger partial charge in [0.05, 0.1) is 14.2 Å². The van der Waals surface area contributed by atoms with Crippen molar-refractivity contribution in [3.8, 4) is 5.75 Å². The Bertz CT molecular complexity index is 1060. The highest BCUT2D eigenvalue weighted by Crippen LogP contribution is 2.39. The van der Waals surface area contributed by atoms with E-state index in [9.17, 15) is 4.79 Å². The molecule has 34 heavy (non-hydrogen) atoms. The number of esters is 1. The van der Waals surface area contributed by atoms with E-state index in [-0.39, 0.29) is 5.97 Å². The van der Waals surface area contributed by atoms with E-state index in [2.05, 4.69) is 23.6 Å². The van der Waals surface area contributed by atoms with Crippen LogP contribution in [0.1, 0.15) is 30.4 Å². The summed E-state index contributed by atoms with van der Waals surface area (Å²) in [4.78, 5) is 15.9. The second-order valence-electron chi connectivity index (χ2n) is 8.02. The summed E-state index contributed by atoms with van der Waals surface area (Å²) in [6, 6.07) is 27.8. The highest BCUT2D eigenvalue weighted by Gasteiger charge is 2.46. The van der Waals surface area contributed by atoms with Crippen LogP contribution in [0, 0.1) is 0 Å². The Morgan fingerprint density at radius 2 is 1.59 bits per heavy atom. The van der Waals surface area contributed by atoms with E-state index in [4.69, 9.17) is 9.47 Å². The Kier molecular flexibility index (Phi) is 9.10. The number of benzene rings is 3. The number of rotatable bonds is 12. The molecule has 0 amide bonds. The zero-order valence-corrected chi connectivity index (χ0v) is 20.0. The minimum Gasteiger partial charge on any atom is -0.497 e. The van der Waals surface area contributed by atoms with Gasteiger partial charge in [-0.2, -0.15) is 0 Å². The van der Waals surface area contributed by atoms with Crippen molar-refractivity contribution in [2.75, 3.05) is 25.7 Å². The Labute approximate surface area is 203 Å². The van der Waals surface area contributed by atoms with Crippen molar-refractivity contribution >= 4 is 17.7 Å². The van der Waals surface area contributed by atoms with Gasteiger partial charge in [-0.3, -0.25) is 0 Å². The molecule has 4 nitrogen and oxygen atoms in total. The summed E-state index contributed by atoms with van der Waals surface area (Å²) in [5.74, 6) is 0.466. The second kappa shape index (κ2) is 12.4. The van der Waals surface area contributed by atoms with Crippen molar-refractivity contribution in [3.63, 3.8) is 0 Å². The number of allylic oxidation sites excluding steroid dienone is 1. The van der Waals surface area contributed by atoms with E-state index < -0.39 is 5.54 Å². The quantitative estimate of drug-likeness (QED) is 0.174. The van der Waals surface area contributed by atoms with Gasteiger partial charge < -0.3 is 14.4 Å². The van der Waals surface area contributed by atoms with Crippen LogP contribution in [0.25, 0.3) is 6.08 Å². The van der Waals surface area contributed by atoms with Crippen LogP contribution in [-0.2, 0) is 15.1 Å². The number of carbonyl (C=O) groups excluding carboxylic acids is 1. The van der Waals surface area contributed by atoms with Crippen molar-refractivity contribution < 1.29 is 14.3 Å². The maximum Gasteiger partial charge on any atom is 0.336 e. The van der Waals surface area contributed by atoms with Gasteiger partial charge in [0.15, 0.2) is 5.54 Å². The topological polar surface area (TPSA) is 38.8 Å². The van der Waals surface area contributed by atoms with Crippen LogP contribution in [0.3, 0.4) is 0 Å². The van der Waals surface area contributed by atoms with Crippen LogP contribution in [0.5, 0.6) is 5.75 Å². The second-order valence-corrected chi connectivity index (χ2v) is 8.02. The third-order valence-electron chi connectivity index (χ3n) is 5.93. The molecule has 0 aromatic heterocycles. The molecule has 3 aromatic rings. The molecule has 0 saturated heterocycles. The summed E-state index contributed by atoms with van der Waals surface area (Å²) in [6.45, 7) is 4.52. The Balaban J connectivity index is 2.15. The first-order chi connectivity index (χ1) is 16.7. The predicted molar refractivity (Wildman–Crippen MR) is 140 cm³/mol. The molecule has 176 valence electrons. The van der Waals surface area contributed by atoms with Gasteiger partial charge in [-0.25, -0.2) is 4.79 Å². The highest BCUT2D eigenvalue weighted by molar-refractivity contribution is 5.87. The summed E-state index contributed by atoms with van der Waals surface area (Å²) >= 11 is 0. The normalized spacial score (nSPS) is 12.6. The first kappa shape index (κ1) is 24.8. The SMILES string of the molecule is C=CCCCN(c1ccc(OC)cc1)[C@](C/C=C/c1ccccc1)(C(=O)OC)c1ccccc1. The van der Waals surface area contributed by atoms with Crippen LogP contribution in [0.2, 0.25) is 0 Å². The van der Waals surface area contributed by atoms with Crippen LogP contribution in [0.4, 0.5) is 5.69 Å². The molecule has 1 atom stereocenters. The number of anilines is 1. The summed E-state index contributed by atoms with van der Waals surface area (Å²) < 4.78 is 10.8. The van der Waals surface area contributed by atoms with Crippen molar-refractivity contribution in [3.05, 3.63) is 115 Å². The lowest BCUT2D eigenvalue weighted by Crippen LogP contribution is -2.53. The molecule has 0 bridgehead atoms. The molecule has 0 aliphatic rings. The van der Waals surface area contributed by atoms with E-state index in [1.165, 1.54) is 7.11 Å². The molecule has 4 heteroatoms. The summed E-state index contributed by atoms with van der Waals surface area (Å²) in [5.41, 5.74) is 1.84. The fraction of sp³-hybridized carbons (Fsp3) is 0.233. The fourth-order valence-corrected chi connectivity index (χ4v) is 4.20. The third-order valence-corrected chi connectivity index (χ3v) is 5.93. The van der Waals surface area contributed by atoms with Crippen LogP contribution < -0.4 is 9.64 Å². The van der Waals surface area contributed by atoms with Crippen LogP contribution >= 0.6 is 0 Å². The molecule has 0 fully saturated rings.